The lowest BCUT2D eigenvalue weighted by atomic mass is 10.2. The first-order valence-corrected chi connectivity index (χ1v) is 8.57. The number of hydrogen-bond acceptors (Lipinski definition) is 4. The Hall–Kier alpha value is -1.42. The number of benzene rings is 1. The van der Waals surface area contributed by atoms with Gasteiger partial charge in [0, 0.05) is 11.3 Å². The summed E-state index contributed by atoms with van der Waals surface area (Å²) in [6.45, 7) is 9.45. The zero-order valence-electron chi connectivity index (χ0n) is 12.7. The number of nitrogens with one attached hydrogen (secondary N) is 1. The van der Waals surface area contributed by atoms with Gasteiger partial charge in [-0.2, -0.15) is 0 Å². The number of rotatable bonds is 8. The lowest BCUT2D eigenvalue weighted by molar-refractivity contribution is -0.112. The molecule has 0 atom stereocenters. The number of amides is 1. The van der Waals surface area contributed by atoms with E-state index in [-0.39, 0.29) is 12.1 Å². The molecular weight excluding hydrogens is 289 g/mol. The van der Waals surface area contributed by atoms with Crippen LogP contribution in [0.4, 0.5) is 5.69 Å². The van der Waals surface area contributed by atoms with Gasteiger partial charge in [0.2, 0.25) is 0 Å². The zero-order valence-corrected chi connectivity index (χ0v) is 13.6. The van der Waals surface area contributed by atoms with Crippen molar-refractivity contribution < 1.29 is 18.4 Å². The Morgan fingerprint density at radius 2 is 1.71 bits per heavy atom. The van der Waals surface area contributed by atoms with Crippen LogP contribution in [0.5, 0.6) is 0 Å². The fourth-order valence-electron chi connectivity index (χ4n) is 1.68. The molecule has 1 aromatic carbocycles. The third-order valence-corrected chi connectivity index (χ3v) is 4.68. The van der Waals surface area contributed by atoms with E-state index in [1.807, 2.05) is 0 Å². The summed E-state index contributed by atoms with van der Waals surface area (Å²) < 4.78 is 22.9. The fraction of sp³-hybridized carbons (Fsp3) is 0.400. The molecule has 0 aromatic heterocycles. The summed E-state index contributed by atoms with van der Waals surface area (Å²) in [6.07, 6.45) is 0.212. The molecule has 0 unspecified atom stereocenters. The van der Waals surface area contributed by atoms with Crippen LogP contribution in [-0.2, 0) is 24.6 Å². The van der Waals surface area contributed by atoms with Gasteiger partial charge in [0.25, 0.3) is 5.91 Å². The van der Waals surface area contributed by atoms with E-state index in [0.717, 1.165) is 5.56 Å². The van der Waals surface area contributed by atoms with E-state index >= 15 is 0 Å². The second-order valence-corrected chi connectivity index (χ2v) is 6.59. The maximum atomic E-state index is 12.4. The summed E-state index contributed by atoms with van der Waals surface area (Å²) in [5, 5.41) is 2.71. The van der Waals surface area contributed by atoms with Crippen LogP contribution in [0.2, 0.25) is 0 Å². The number of carbonyl (C=O) groups excluding carboxylic acids is 1. The van der Waals surface area contributed by atoms with E-state index < -0.39 is 7.60 Å². The van der Waals surface area contributed by atoms with Gasteiger partial charge >= 0.3 is 7.60 Å². The van der Waals surface area contributed by atoms with Gasteiger partial charge in [0.1, 0.15) is 0 Å². The predicted molar refractivity (Wildman–Crippen MR) is 84.4 cm³/mol. The Labute approximate surface area is 125 Å². The number of anilines is 1. The molecule has 1 rings (SSSR count). The largest absolute Gasteiger partial charge is 0.335 e. The van der Waals surface area contributed by atoms with Crippen molar-refractivity contribution in [1.29, 1.82) is 0 Å². The van der Waals surface area contributed by atoms with Gasteiger partial charge in [-0.25, -0.2) is 0 Å². The normalized spacial score (nSPS) is 11.2. The van der Waals surface area contributed by atoms with Crippen LogP contribution in [0.1, 0.15) is 26.3 Å². The fourth-order valence-corrected chi connectivity index (χ4v) is 3.38. The van der Waals surface area contributed by atoms with E-state index in [1.165, 1.54) is 0 Å². The molecular formula is C15H22NO4P. The number of hydrogen-bond donors (Lipinski definition) is 1. The second kappa shape index (κ2) is 8.13. The lowest BCUT2D eigenvalue weighted by Crippen LogP contribution is -2.11. The van der Waals surface area contributed by atoms with Crippen LogP contribution in [0, 0.1) is 0 Å². The standard InChI is InChI=1S/C15H22NO4P/c1-5-19-21(18,20-6-2)11-13-7-9-14(10-8-13)16-15(17)12(3)4/h7-10H,3,5-6,11H2,1-2,4H3,(H,16,17). The van der Waals surface area contributed by atoms with Gasteiger partial charge in [0.05, 0.1) is 19.4 Å². The van der Waals surface area contributed by atoms with E-state index in [4.69, 9.17) is 9.05 Å². The summed E-state index contributed by atoms with van der Waals surface area (Å²) in [4.78, 5) is 11.5. The molecule has 0 heterocycles. The Bertz CT molecular complexity index is 529. The quantitative estimate of drug-likeness (QED) is 0.583. The minimum atomic E-state index is -3.10. The van der Waals surface area contributed by atoms with Crippen LogP contribution >= 0.6 is 7.60 Å². The molecule has 0 saturated carbocycles. The molecule has 0 bridgehead atoms. The number of carbonyl (C=O) groups is 1. The SMILES string of the molecule is C=C(C)C(=O)Nc1ccc(CP(=O)(OCC)OCC)cc1. The molecule has 5 nitrogen and oxygen atoms in total. The highest BCUT2D eigenvalue weighted by Crippen LogP contribution is 2.51. The van der Waals surface area contributed by atoms with E-state index in [9.17, 15) is 9.36 Å². The van der Waals surface area contributed by atoms with E-state index in [0.29, 0.717) is 24.5 Å². The van der Waals surface area contributed by atoms with Crippen LogP contribution in [-0.4, -0.2) is 19.1 Å². The Morgan fingerprint density at radius 1 is 1.19 bits per heavy atom. The third-order valence-electron chi connectivity index (χ3n) is 2.63. The summed E-state index contributed by atoms with van der Waals surface area (Å²) in [5.74, 6) is -0.225. The van der Waals surface area contributed by atoms with E-state index in [1.54, 1.807) is 45.0 Å². The van der Waals surface area contributed by atoms with Crippen molar-refractivity contribution in [3.05, 3.63) is 42.0 Å². The molecule has 1 N–H and O–H groups in total. The van der Waals surface area contributed by atoms with Gasteiger partial charge in [-0.1, -0.05) is 18.7 Å². The van der Waals surface area contributed by atoms with Gasteiger partial charge in [-0.15, -0.1) is 0 Å². The molecule has 0 fully saturated rings. The summed E-state index contributed by atoms with van der Waals surface area (Å²) in [6, 6.07) is 7.08. The minimum Gasteiger partial charge on any atom is -0.322 e. The molecule has 0 radical (unpaired) electrons. The first kappa shape index (κ1) is 17.6. The van der Waals surface area contributed by atoms with Crippen molar-refractivity contribution in [1.82, 2.24) is 0 Å². The first-order chi connectivity index (χ1) is 9.90. The van der Waals surface area contributed by atoms with Gasteiger partial charge in [0.15, 0.2) is 0 Å². The highest BCUT2D eigenvalue weighted by molar-refractivity contribution is 7.53. The van der Waals surface area contributed by atoms with Crippen molar-refractivity contribution in [2.24, 2.45) is 0 Å². The topological polar surface area (TPSA) is 64.6 Å². The van der Waals surface area contributed by atoms with Crippen molar-refractivity contribution in [2.75, 3.05) is 18.5 Å². The summed E-state index contributed by atoms with van der Waals surface area (Å²) in [5.41, 5.74) is 1.93. The average Bonchev–Trinajstić information content (AvgIpc) is 2.41. The minimum absolute atomic E-state index is 0.212. The first-order valence-electron chi connectivity index (χ1n) is 6.84. The van der Waals surface area contributed by atoms with Crippen LogP contribution in [0.25, 0.3) is 0 Å². The molecule has 1 aromatic rings. The highest BCUT2D eigenvalue weighted by Gasteiger charge is 2.23. The molecule has 6 heteroatoms. The lowest BCUT2D eigenvalue weighted by Gasteiger charge is -2.17. The molecule has 0 aliphatic heterocycles. The molecule has 116 valence electrons. The molecule has 0 spiro atoms. The molecule has 1 amide bonds. The van der Waals surface area contributed by atoms with E-state index in [2.05, 4.69) is 11.9 Å². The third kappa shape index (κ3) is 5.84. The molecule has 0 aliphatic rings. The van der Waals surface area contributed by atoms with Gasteiger partial charge < -0.3 is 14.4 Å². The Morgan fingerprint density at radius 3 is 2.14 bits per heavy atom. The second-order valence-electron chi connectivity index (χ2n) is 4.54. The van der Waals surface area contributed by atoms with Crippen LogP contribution < -0.4 is 5.32 Å². The summed E-state index contributed by atoms with van der Waals surface area (Å²) in [7, 11) is -3.10. The van der Waals surface area contributed by atoms with Crippen molar-refractivity contribution in [3.63, 3.8) is 0 Å². The molecule has 0 saturated heterocycles. The molecule has 21 heavy (non-hydrogen) atoms. The van der Waals surface area contributed by atoms with Crippen molar-refractivity contribution in [3.8, 4) is 0 Å². The van der Waals surface area contributed by atoms with Crippen molar-refractivity contribution in [2.45, 2.75) is 26.9 Å². The maximum Gasteiger partial charge on any atom is 0.335 e. The molecule has 0 aliphatic carbocycles. The Balaban J connectivity index is 2.75. The maximum absolute atomic E-state index is 12.4. The summed E-state index contributed by atoms with van der Waals surface area (Å²) >= 11 is 0. The monoisotopic (exact) mass is 311 g/mol. The zero-order chi connectivity index (χ0) is 15.9. The van der Waals surface area contributed by atoms with Crippen LogP contribution in [0.3, 0.4) is 0 Å². The average molecular weight is 311 g/mol. The van der Waals surface area contributed by atoms with Crippen molar-refractivity contribution >= 4 is 19.2 Å². The van der Waals surface area contributed by atoms with Crippen LogP contribution in [0.15, 0.2) is 36.4 Å². The predicted octanol–water partition coefficient (Wildman–Crippen LogP) is 3.97. The Kier molecular flexibility index (Phi) is 6.82. The van der Waals surface area contributed by atoms with Gasteiger partial charge in [-0.3, -0.25) is 9.36 Å². The highest BCUT2D eigenvalue weighted by atomic mass is 31.2. The van der Waals surface area contributed by atoms with Gasteiger partial charge in [-0.05, 0) is 38.5 Å². The smallest absolute Gasteiger partial charge is 0.322 e.